The first-order valence-corrected chi connectivity index (χ1v) is 11.2. The molecule has 0 unspecified atom stereocenters. The molecular weight excluding hydrogens is 433 g/mol. The topological polar surface area (TPSA) is 75.7 Å². The normalized spacial score (nSPS) is 15.1. The quantitative estimate of drug-likeness (QED) is 0.692. The number of rotatable bonds is 7. The van der Waals surface area contributed by atoms with Gasteiger partial charge in [0.25, 0.3) is 5.91 Å². The SMILES string of the molecule is COc1ccc(C(=O)NCCc2ccc(C(F)(F)F)cc2)cc1S(=O)(=O)N1CCCC1. The number of halogens is 3. The van der Waals surface area contributed by atoms with E-state index in [2.05, 4.69) is 5.32 Å². The van der Waals surface area contributed by atoms with Crippen molar-refractivity contribution < 1.29 is 31.1 Å². The highest BCUT2D eigenvalue weighted by Crippen LogP contribution is 2.30. The van der Waals surface area contributed by atoms with Crippen LogP contribution >= 0.6 is 0 Å². The molecule has 3 rings (SSSR count). The summed E-state index contributed by atoms with van der Waals surface area (Å²) < 4.78 is 70.3. The van der Waals surface area contributed by atoms with Gasteiger partial charge < -0.3 is 10.1 Å². The number of carbonyl (C=O) groups excluding carboxylic acids is 1. The molecule has 31 heavy (non-hydrogen) atoms. The molecule has 1 aliphatic rings. The molecular formula is C21H23F3N2O4S. The van der Waals surface area contributed by atoms with Crippen LogP contribution in [0.15, 0.2) is 47.4 Å². The first-order chi connectivity index (χ1) is 14.6. The zero-order chi connectivity index (χ0) is 22.6. The van der Waals surface area contributed by atoms with E-state index in [0.29, 0.717) is 25.1 Å². The Balaban J connectivity index is 1.68. The molecule has 0 radical (unpaired) electrons. The summed E-state index contributed by atoms with van der Waals surface area (Å²) in [5, 5.41) is 2.67. The molecule has 2 aromatic rings. The van der Waals surface area contributed by atoms with E-state index in [1.807, 2.05) is 0 Å². The molecule has 1 heterocycles. The number of alkyl halides is 3. The third-order valence-electron chi connectivity index (χ3n) is 5.09. The smallest absolute Gasteiger partial charge is 0.416 e. The lowest BCUT2D eigenvalue weighted by Crippen LogP contribution is -2.29. The standard InChI is InChI=1S/C21H23F3N2O4S/c1-30-18-9-6-16(14-19(18)31(28,29)26-12-2-3-13-26)20(27)25-11-10-15-4-7-17(8-5-15)21(22,23)24/h4-9,14H,2-3,10-13H2,1H3,(H,25,27). The van der Waals surface area contributed by atoms with E-state index < -0.39 is 27.7 Å². The van der Waals surface area contributed by atoms with Gasteiger partial charge >= 0.3 is 6.18 Å². The minimum absolute atomic E-state index is 0.0627. The Bertz CT molecular complexity index is 1030. The minimum Gasteiger partial charge on any atom is -0.495 e. The molecule has 0 aromatic heterocycles. The van der Waals surface area contributed by atoms with E-state index in [1.54, 1.807) is 0 Å². The lowest BCUT2D eigenvalue weighted by molar-refractivity contribution is -0.137. The van der Waals surface area contributed by atoms with Crippen molar-refractivity contribution in [1.82, 2.24) is 9.62 Å². The predicted octanol–water partition coefficient (Wildman–Crippen LogP) is 3.47. The Morgan fingerprint density at radius 3 is 2.32 bits per heavy atom. The van der Waals surface area contributed by atoms with Crippen molar-refractivity contribution in [2.75, 3.05) is 26.7 Å². The van der Waals surface area contributed by atoms with E-state index in [9.17, 15) is 26.4 Å². The molecule has 0 saturated carbocycles. The molecule has 1 saturated heterocycles. The van der Waals surface area contributed by atoms with Crippen LogP contribution in [0.5, 0.6) is 5.75 Å². The summed E-state index contributed by atoms with van der Waals surface area (Å²) in [4.78, 5) is 12.4. The maximum Gasteiger partial charge on any atom is 0.416 e. The van der Waals surface area contributed by atoms with E-state index in [4.69, 9.17) is 4.74 Å². The van der Waals surface area contributed by atoms with Gasteiger partial charge in [0.05, 0.1) is 12.7 Å². The van der Waals surface area contributed by atoms with Crippen LogP contribution in [0.2, 0.25) is 0 Å². The third-order valence-corrected chi connectivity index (χ3v) is 7.01. The van der Waals surface area contributed by atoms with Gasteiger partial charge in [0, 0.05) is 25.2 Å². The second kappa shape index (κ2) is 9.27. The fourth-order valence-corrected chi connectivity index (χ4v) is 5.07. The van der Waals surface area contributed by atoms with Gasteiger partial charge in [-0.1, -0.05) is 12.1 Å². The van der Waals surface area contributed by atoms with Crippen molar-refractivity contribution in [3.05, 3.63) is 59.2 Å². The molecule has 2 aromatic carbocycles. The highest BCUT2D eigenvalue weighted by molar-refractivity contribution is 7.89. The van der Waals surface area contributed by atoms with Gasteiger partial charge in [-0.15, -0.1) is 0 Å². The number of amides is 1. The zero-order valence-electron chi connectivity index (χ0n) is 16.9. The maximum absolute atomic E-state index is 12.9. The van der Waals surface area contributed by atoms with Gasteiger partial charge in [0.2, 0.25) is 10.0 Å². The molecule has 0 aliphatic carbocycles. The lowest BCUT2D eigenvalue weighted by atomic mass is 10.1. The Hall–Kier alpha value is -2.59. The molecule has 10 heteroatoms. The van der Waals surface area contributed by atoms with Gasteiger partial charge in [-0.05, 0) is 55.2 Å². The molecule has 0 spiro atoms. The average molecular weight is 456 g/mol. The summed E-state index contributed by atoms with van der Waals surface area (Å²) in [5.41, 5.74) is 0.0663. The second-order valence-electron chi connectivity index (χ2n) is 7.18. The second-order valence-corrected chi connectivity index (χ2v) is 9.08. The fourth-order valence-electron chi connectivity index (χ4n) is 3.37. The summed E-state index contributed by atoms with van der Waals surface area (Å²) in [6.07, 6.45) is -2.50. The summed E-state index contributed by atoms with van der Waals surface area (Å²) >= 11 is 0. The Morgan fingerprint density at radius 2 is 1.74 bits per heavy atom. The number of sulfonamides is 1. The number of hydrogen-bond acceptors (Lipinski definition) is 4. The highest BCUT2D eigenvalue weighted by Gasteiger charge is 2.31. The van der Waals surface area contributed by atoms with Crippen molar-refractivity contribution in [3.63, 3.8) is 0 Å². The zero-order valence-corrected chi connectivity index (χ0v) is 17.7. The number of hydrogen-bond donors (Lipinski definition) is 1. The van der Waals surface area contributed by atoms with Crippen LogP contribution in [0.4, 0.5) is 13.2 Å². The van der Waals surface area contributed by atoms with Crippen LogP contribution in [0.25, 0.3) is 0 Å². The molecule has 0 atom stereocenters. The van der Waals surface area contributed by atoms with Crippen molar-refractivity contribution in [2.45, 2.75) is 30.3 Å². The van der Waals surface area contributed by atoms with Crippen molar-refractivity contribution in [1.29, 1.82) is 0 Å². The highest BCUT2D eigenvalue weighted by atomic mass is 32.2. The summed E-state index contributed by atoms with van der Waals surface area (Å²) in [7, 11) is -2.42. The Labute approximate surface area is 179 Å². The van der Waals surface area contributed by atoms with Crippen LogP contribution in [-0.2, 0) is 22.6 Å². The molecule has 1 fully saturated rings. The summed E-state index contributed by atoms with van der Waals surface area (Å²) in [6, 6.07) is 8.92. The number of nitrogens with one attached hydrogen (secondary N) is 1. The molecule has 0 bridgehead atoms. The maximum atomic E-state index is 12.9. The summed E-state index contributed by atoms with van der Waals surface area (Å²) in [5.74, 6) is -0.319. The first-order valence-electron chi connectivity index (χ1n) is 9.75. The summed E-state index contributed by atoms with van der Waals surface area (Å²) in [6.45, 7) is 1.04. The monoisotopic (exact) mass is 456 g/mol. The number of benzene rings is 2. The van der Waals surface area contributed by atoms with Crippen LogP contribution in [0, 0.1) is 0 Å². The number of ether oxygens (including phenoxy) is 1. The minimum atomic E-state index is -4.39. The number of nitrogens with zero attached hydrogens (tertiary/aromatic N) is 1. The lowest BCUT2D eigenvalue weighted by Gasteiger charge is -2.18. The predicted molar refractivity (Wildman–Crippen MR) is 108 cm³/mol. The Morgan fingerprint density at radius 1 is 1.10 bits per heavy atom. The molecule has 1 aliphatic heterocycles. The number of carbonyl (C=O) groups is 1. The molecule has 168 valence electrons. The van der Waals surface area contributed by atoms with Crippen LogP contribution in [-0.4, -0.2) is 45.4 Å². The molecule has 1 amide bonds. The van der Waals surface area contributed by atoms with Gasteiger partial charge in [-0.3, -0.25) is 4.79 Å². The van der Waals surface area contributed by atoms with Gasteiger partial charge in [-0.25, -0.2) is 8.42 Å². The van der Waals surface area contributed by atoms with E-state index in [-0.39, 0.29) is 22.8 Å². The van der Waals surface area contributed by atoms with Gasteiger partial charge in [0.1, 0.15) is 10.6 Å². The van der Waals surface area contributed by atoms with Crippen LogP contribution < -0.4 is 10.1 Å². The van der Waals surface area contributed by atoms with E-state index >= 15 is 0 Å². The van der Waals surface area contributed by atoms with Crippen LogP contribution in [0.3, 0.4) is 0 Å². The Kier molecular flexibility index (Phi) is 6.90. The fraction of sp³-hybridized carbons (Fsp3) is 0.381. The largest absolute Gasteiger partial charge is 0.495 e. The molecule has 6 nitrogen and oxygen atoms in total. The van der Waals surface area contributed by atoms with Crippen molar-refractivity contribution in [2.24, 2.45) is 0 Å². The van der Waals surface area contributed by atoms with E-state index in [1.165, 1.54) is 41.7 Å². The van der Waals surface area contributed by atoms with Gasteiger partial charge in [0.15, 0.2) is 0 Å². The van der Waals surface area contributed by atoms with Crippen molar-refractivity contribution >= 4 is 15.9 Å². The number of methoxy groups -OCH3 is 1. The van der Waals surface area contributed by atoms with E-state index in [0.717, 1.165) is 25.0 Å². The van der Waals surface area contributed by atoms with Crippen molar-refractivity contribution in [3.8, 4) is 5.75 Å². The van der Waals surface area contributed by atoms with Crippen LogP contribution in [0.1, 0.15) is 34.3 Å². The average Bonchev–Trinajstić information content (AvgIpc) is 3.29. The first kappa shape index (κ1) is 23.1. The third kappa shape index (κ3) is 5.37. The van der Waals surface area contributed by atoms with Gasteiger partial charge in [-0.2, -0.15) is 17.5 Å². The molecule has 1 N–H and O–H groups in total.